The maximum atomic E-state index is 11.4. The van der Waals surface area contributed by atoms with E-state index in [1.54, 1.807) is 12.1 Å². The average molecular weight is 288 g/mol. The summed E-state index contributed by atoms with van der Waals surface area (Å²) >= 11 is 0. The molecule has 22 heavy (non-hydrogen) atoms. The van der Waals surface area contributed by atoms with Crippen LogP contribution in [0.5, 0.6) is 0 Å². The lowest BCUT2D eigenvalue weighted by Gasteiger charge is -2.02. The van der Waals surface area contributed by atoms with Gasteiger partial charge in [0.1, 0.15) is 12.0 Å². The normalized spacial score (nSPS) is 11.1. The summed E-state index contributed by atoms with van der Waals surface area (Å²) in [5, 5.41) is 1.79. The molecular formula is C17H12N4O. The van der Waals surface area contributed by atoms with Gasteiger partial charge in [0.05, 0.1) is 11.1 Å². The highest BCUT2D eigenvalue weighted by Gasteiger charge is 2.13. The molecule has 2 heterocycles. The Morgan fingerprint density at radius 1 is 1.05 bits per heavy atom. The molecule has 106 valence electrons. The van der Waals surface area contributed by atoms with Crippen LogP contribution in [0.3, 0.4) is 0 Å². The van der Waals surface area contributed by atoms with Crippen molar-refractivity contribution in [3.05, 3.63) is 60.4 Å². The molecule has 0 aliphatic rings. The zero-order valence-electron chi connectivity index (χ0n) is 11.6. The molecule has 0 aliphatic carbocycles. The van der Waals surface area contributed by atoms with E-state index < -0.39 is 5.91 Å². The number of benzene rings is 2. The SMILES string of the molecule is NC(=O)c1ccc2[nH]c3ncnc(-c4ccccc4)c3c2c1. The van der Waals surface area contributed by atoms with Crippen molar-refractivity contribution in [1.29, 1.82) is 0 Å². The molecule has 0 bridgehead atoms. The fourth-order valence-electron chi connectivity index (χ4n) is 2.69. The van der Waals surface area contributed by atoms with Crippen LogP contribution >= 0.6 is 0 Å². The van der Waals surface area contributed by atoms with Gasteiger partial charge in [-0.25, -0.2) is 9.97 Å². The summed E-state index contributed by atoms with van der Waals surface area (Å²) in [6.45, 7) is 0. The lowest BCUT2D eigenvalue weighted by molar-refractivity contribution is 0.100. The lowest BCUT2D eigenvalue weighted by atomic mass is 10.0. The fourth-order valence-corrected chi connectivity index (χ4v) is 2.69. The molecule has 0 fully saturated rings. The first kappa shape index (κ1) is 12.5. The number of nitrogens with zero attached hydrogens (tertiary/aromatic N) is 2. The number of amides is 1. The van der Waals surface area contributed by atoms with Crippen LogP contribution in [0.4, 0.5) is 0 Å². The molecule has 0 saturated heterocycles. The lowest BCUT2D eigenvalue weighted by Crippen LogP contribution is -2.10. The van der Waals surface area contributed by atoms with Crippen molar-refractivity contribution in [2.45, 2.75) is 0 Å². The van der Waals surface area contributed by atoms with E-state index in [0.717, 1.165) is 33.2 Å². The quantitative estimate of drug-likeness (QED) is 0.594. The van der Waals surface area contributed by atoms with Crippen molar-refractivity contribution < 1.29 is 4.79 Å². The van der Waals surface area contributed by atoms with Gasteiger partial charge >= 0.3 is 0 Å². The summed E-state index contributed by atoms with van der Waals surface area (Å²) in [5.41, 5.74) is 9.33. The zero-order valence-corrected chi connectivity index (χ0v) is 11.6. The molecular weight excluding hydrogens is 276 g/mol. The first-order valence-corrected chi connectivity index (χ1v) is 6.86. The maximum Gasteiger partial charge on any atom is 0.248 e. The molecule has 0 radical (unpaired) electrons. The van der Waals surface area contributed by atoms with Gasteiger partial charge in [-0.05, 0) is 18.2 Å². The summed E-state index contributed by atoms with van der Waals surface area (Å²) < 4.78 is 0. The number of nitrogens with one attached hydrogen (secondary N) is 1. The van der Waals surface area contributed by atoms with Crippen LogP contribution in [0.2, 0.25) is 0 Å². The average Bonchev–Trinajstić information content (AvgIpc) is 2.93. The zero-order chi connectivity index (χ0) is 15.1. The van der Waals surface area contributed by atoms with Crippen molar-refractivity contribution in [3.8, 4) is 11.3 Å². The van der Waals surface area contributed by atoms with E-state index in [4.69, 9.17) is 5.73 Å². The Morgan fingerprint density at radius 3 is 2.64 bits per heavy atom. The second-order valence-electron chi connectivity index (χ2n) is 5.06. The summed E-state index contributed by atoms with van der Waals surface area (Å²) in [7, 11) is 0. The Balaban J connectivity index is 2.12. The maximum absolute atomic E-state index is 11.4. The molecule has 5 nitrogen and oxygen atoms in total. The molecule has 4 aromatic rings. The van der Waals surface area contributed by atoms with Crippen LogP contribution in [-0.4, -0.2) is 20.9 Å². The van der Waals surface area contributed by atoms with Gasteiger partial charge in [-0.1, -0.05) is 30.3 Å². The Morgan fingerprint density at radius 2 is 1.86 bits per heavy atom. The number of aromatic nitrogens is 3. The van der Waals surface area contributed by atoms with Crippen molar-refractivity contribution >= 4 is 27.8 Å². The van der Waals surface area contributed by atoms with Gasteiger partial charge < -0.3 is 10.7 Å². The predicted molar refractivity (Wildman–Crippen MR) is 85.3 cm³/mol. The number of rotatable bonds is 2. The molecule has 2 aromatic carbocycles. The molecule has 0 unspecified atom stereocenters. The molecule has 2 aromatic heterocycles. The monoisotopic (exact) mass is 288 g/mol. The molecule has 1 amide bonds. The number of H-pyrrole nitrogens is 1. The van der Waals surface area contributed by atoms with E-state index in [2.05, 4.69) is 15.0 Å². The highest BCUT2D eigenvalue weighted by molar-refractivity contribution is 6.13. The first-order chi connectivity index (χ1) is 10.7. The van der Waals surface area contributed by atoms with Crippen LogP contribution in [0, 0.1) is 0 Å². The molecule has 3 N–H and O–H groups in total. The van der Waals surface area contributed by atoms with Gasteiger partial charge in [-0.3, -0.25) is 4.79 Å². The van der Waals surface area contributed by atoms with E-state index in [1.807, 2.05) is 36.4 Å². The van der Waals surface area contributed by atoms with Crippen molar-refractivity contribution in [2.75, 3.05) is 0 Å². The Labute approximate surface area is 125 Å². The third-order valence-corrected chi connectivity index (χ3v) is 3.72. The van der Waals surface area contributed by atoms with Gasteiger partial charge in [-0.2, -0.15) is 0 Å². The van der Waals surface area contributed by atoms with Crippen molar-refractivity contribution in [1.82, 2.24) is 15.0 Å². The van der Waals surface area contributed by atoms with Gasteiger partial charge in [-0.15, -0.1) is 0 Å². The van der Waals surface area contributed by atoms with Gasteiger partial charge in [0.2, 0.25) is 5.91 Å². The second kappa shape index (κ2) is 4.66. The van der Waals surface area contributed by atoms with Gasteiger partial charge in [0.15, 0.2) is 0 Å². The third-order valence-electron chi connectivity index (χ3n) is 3.72. The minimum atomic E-state index is -0.450. The largest absolute Gasteiger partial charge is 0.366 e. The highest BCUT2D eigenvalue weighted by Crippen LogP contribution is 2.32. The van der Waals surface area contributed by atoms with Crippen molar-refractivity contribution in [3.63, 3.8) is 0 Å². The Hall–Kier alpha value is -3.21. The van der Waals surface area contributed by atoms with E-state index in [-0.39, 0.29) is 0 Å². The highest BCUT2D eigenvalue weighted by atomic mass is 16.1. The summed E-state index contributed by atoms with van der Waals surface area (Å²) in [5.74, 6) is -0.450. The molecule has 0 atom stereocenters. The fraction of sp³-hybridized carbons (Fsp3) is 0. The molecule has 0 aliphatic heterocycles. The van der Waals surface area contributed by atoms with E-state index in [0.29, 0.717) is 5.56 Å². The van der Waals surface area contributed by atoms with Crippen LogP contribution in [0.25, 0.3) is 33.2 Å². The molecule has 5 heteroatoms. The number of carbonyl (C=O) groups is 1. The number of nitrogens with two attached hydrogens (primary N) is 1. The first-order valence-electron chi connectivity index (χ1n) is 6.86. The van der Waals surface area contributed by atoms with Gasteiger partial charge in [0, 0.05) is 22.0 Å². The summed E-state index contributed by atoms with van der Waals surface area (Å²) in [6.07, 6.45) is 1.54. The minimum Gasteiger partial charge on any atom is -0.366 e. The van der Waals surface area contributed by atoms with Crippen molar-refractivity contribution in [2.24, 2.45) is 5.73 Å². The van der Waals surface area contributed by atoms with E-state index in [9.17, 15) is 4.79 Å². The molecule has 0 saturated carbocycles. The van der Waals surface area contributed by atoms with Crippen LogP contribution in [-0.2, 0) is 0 Å². The number of aromatic amines is 1. The Kier molecular flexibility index (Phi) is 2.66. The number of hydrogen-bond acceptors (Lipinski definition) is 3. The molecule has 4 rings (SSSR count). The standard InChI is InChI=1S/C17H12N4O/c18-16(22)11-6-7-13-12(8-11)14-15(10-4-2-1-3-5-10)19-9-20-17(14)21-13/h1-9H,(H2,18,22)(H,19,20,21). The van der Waals surface area contributed by atoms with Gasteiger partial charge in [0.25, 0.3) is 0 Å². The number of hydrogen-bond donors (Lipinski definition) is 2. The van der Waals surface area contributed by atoms with Crippen LogP contribution in [0.1, 0.15) is 10.4 Å². The van der Waals surface area contributed by atoms with Crippen LogP contribution in [0.15, 0.2) is 54.9 Å². The van der Waals surface area contributed by atoms with E-state index in [1.165, 1.54) is 6.33 Å². The summed E-state index contributed by atoms with van der Waals surface area (Å²) in [6, 6.07) is 15.2. The predicted octanol–water partition coefficient (Wildman–Crippen LogP) is 2.88. The number of fused-ring (bicyclic) bond motifs is 3. The molecule has 0 spiro atoms. The minimum absolute atomic E-state index is 0.450. The number of primary amides is 1. The number of carbonyl (C=O) groups excluding carboxylic acids is 1. The van der Waals surface area contributed by atoms with E-state index >= 15 is 0 Å². The Bertz CT molecular complexity index is 1010. The topological polar surface area (TPSA) is 84.7 Å². The second-order valence-corrected chi connectivity index (χ2v) is 5.06. The summed E-state index contributed by atoms with van der Waals surface area (Å²) in [4.78, 5) is 23.4. The smallest absolute Gasteiger partial charge is 0.248 e. The third kappa shape index (κ3) is 1.83. The van der Waals surface area contributed by atoms with Crippen LogP contribution < -0.4 is 5.73 Å².